The van der Waals surface area contributed by atoms with Crippen molar-refractivity contribution < 1.29 is 4.52 Å². The molecule has 1 saturated carbocycles. The topological polar surface area (TPSA) is 51.0 Å². The first-order chi connectivity index (χ1) is 8.88. The fourth-order valence-electron chi connectivity index (χ4n) is 2.22. The van der Waals surface area contributed by atoms with E-state index in [1.54, 1.807) is 0 Å². The van der Waals surface area contributed by atoms with Crippen LogP contribution in [0, 0.1) is 0 Å². The van der Waals surface area contributed by atoms with Crippen molar-refractivity contribution in [2.24, 2.45) is 0 Å². The molecular weight excluding hydrogens is 246 g/mol. The SMILES string of the molecule is CCCNCc1nc(CSC2CCCCC2)no1. The first-order valence-electron chi connectivity index (χ1n) is 7.02. The maximum atomic E-state index is 5.21. The predicted octanol–water partition coefficient (Wildman–Crippen LogP) is 3.14. The van der Waals surface area contributed by atoms with Gasteiger partial charge in [-0.2, -0.15) is 16.7 Å². The van der Waals surface area contributed by atoms with Crippen molar-refractivity contribution in [3.8, 4) is 0 Å². The van der Waals surface area contributed by atoms with Crippen LogP contribution in [-0.2, 0) is 12.3 Å². The second-order valence-corrected chi connectivity index (χ2v) is 6.14. The highest BCUT2D eigenvalue weighted by atomic mass is 32.2. The Balaban J connectivity index is 1.69. The average molecular weight is 269 g/mol. The van der Waals surface area contributed by atoms with Gasteiger partial charge in [0.15, 0.2) is 5.82 Å². The van der Waals surface area contributed by atoms with Gasteiger partial charge in [-0.15, -0.1) is 0 Å². The van der Waals surface area contributed by atoms with Crippen LogP contribution in [0.15, 0.2) is 4.52 Å². The molecule has 0 atom stereocenters. The fraction of sp³-hybridized carbons (Fsp3) is 0.846. The van der Waals surface area contributed by atoms with Crippen LogP contribution in [0.1, 0.15) is 57.2 Å². The highest BCUT2D eigenvalue weighted by molar-refractivity contribution is 7.99. The summed E-state index contributed by atoms with van der Waals surface area (Å²) in [6.07, 6.45) is 8.01. The molecule has 0 radical (unpaired) electrons. The molecule has 0 spiro atoms. The highest BCUT2D eigenvalue weighted by Crippen LogP contribution is 2.29. The summed E-state index contributed by atoms with van der Waals surface area (Å²) in [4.78, 5) is 4.41. The molecule has 1 aliphatic rings. The van der Waals surface area contributed by atoms with Crippen LogP contribution >= 0.6 is 11.8 Å². The molecule has 0 bridgehead atoms. The minimum atomic E-state index is 0.689. The molecule has 1 aliphatic carbocycles. The van der Waals surface area contributed by atoms with Gasteiger partial charge in [-0.3, -0.25) is 0 Å². The summed E-state index contributed by atoms with van der Waals surface area (Å²) < 4.78 is 5.21. The van der Waals surface area contributed by atoms with Crippen LogP contribution < -0.4 is 5.32 Å². The van der Waals surface area contributed by atoms with Gasteiger partial charge in [-0.25, -0.2) is 0 Å². The molecule has 5 heteroatoms. The first kappa shape index (κ1) is 13.9. The van der Waals surface area contributed by atoms with Crippen molar-refractivity contribution in [2.45, 2.75) is 63.0 Å². The lowest BCUT2D eigenvalue weighted by molar-refractivity contribution is 0.364. The van der Waals surface area contributed by atoms with Crippen molar-refractivity contribution >= 4 is 11.8 Å². The summed E-state index contributed by atoms with van der Waals surface area (Å²) in [5.74, 6) is 2.45. The molecule has 1 fully saturated rings. The van der Waals surface area contributed by atoms with Crippen molar-refractivity contribution in [3.63, 3.8) is 0 Å². The number of aromatic nitrogens is 2. The van der Waals surface area contributed by atoms with Gasteiger partial charge in [0.05, 0.1) is 12.3 Å². The monoisotopic (exact) mass is 269 g/mol. The molecule has 4 nitrogen and oxygen atoms in total. The highest BCUT2D eigenvalue weighted by Gasteiger charge is 2.15. The van der Waals surface area contributed by atoms with Gasteiger partial charge in [-0.05, 0) is 25.8 Å². The van der Waals surface area contributed by atoms with Crippen molar-refractivity contribution in [2.75, 3.05) is 6.54 Å². The van der Waals surface area contributed by atoms with Crippen LogP contribution in [-0.4, -0.2) is 21.9 Å². The van der Waals surface area contributed by atoms with Gasteiger partial charge in [0.1, 0.15) is 0 Å². The Bertz CT molecular complexity index is 337. The molecule has 18 heavy (non-hydrogen) atoms. The van der Waals surface area contributed by atoms with Gasteiger partial charge < -0.3 is 9.84 Å². The molecule has 0 aliphatic heterocycles. The van der Waals surface area contributed by atoms with E-state index in [0.29, 0.717) is 12.4 Å². The Labute approximate surface area is 113 Å². The zero-order valence-corrected chi connectivity index (χ0v) is 12.0. The van der Waals surface area contributed by atoms with Crippen LogP contribution in [0.25, 0.3) is 0 Å². The second kappa shape index (κ2) is 7.79. The van der Waals surface area contributed by atoms with Crippen LogP contribution in [0.5, 0.6) is 0 Å². The number of hydrogen-bond donors (Lipinski definition) is 1. The van der Waals surface area contributed by atoms with E-state index < -0.39 is 0 Å². The Morgan fingerprint density at radius 3 is 2.94 bits per heavy atom. The van der Waals surface area contributed by atoms with Crippen LogP contribution in [0.2, 0.25) is 0 Å². The van der Waals surface area contributed by atoms with E-state index in [0.717, 1.165) is 29.8 Å². The second-order valence-electron chi connectivity index (χ2n) is 4.85. The van der Waals surface area contributed by atoms with Gasteiger partial charge >= 0.3 is 0 Å². The standard InChI is InChI=1S/C13H23N3OS/c1-2-8-14-9-13-15-12(16-17-13)10-18-11-6-4-3-5-7-11/h11,14H,2-10H2,1H3. The third kappa shape index (κ3) is 4.61. The minimum absolute atomic E-state index is 0.689. The molecule has 0 amide bonds. The third-order valence-corrected chi connectivity index (χ3v) is 4.58. The molecule has 102 valence electrons. The van der Waals surface area contributed by atoms with Gasteiger partial charge in [0, 0.05) is 5.25 Å². The van der Waals surface area contributed by atoms with E-state index in [9.17, 15) is 0 Å². The number of hydrogen-bond acceptors (Lipinski definition) is 5. The summed E-state index contributed by atoms with van der Waals surface area (Å²) in [7, 11) is 0. The first-order valence-corrected chi connectivity index (χ1v) is 8.07. The average Bonchev–Trinajstić information content (AvgIpc) is 2.86. The molecule has 1 aromatic rings. The van der Waals surface area contributed by atoms with E-state index in [2.05, 4.69) is 22.4 Å². The van der Waals surface area contributed by atoms with Crippen molar-refractivity contribution in [1.29, 1.82) is 0 Å². The van der Waals surface area contributed by atoms with E-state index in [4.69, 9.17) is 4.52 Å². The molecule has 1 N–H and O–H groups in total. The van der Waals surface area contributed by atoms with E-state index in [-0.39, 0.29) is 0 Å². The Morgan fingerprint density at radius 1 is 1.33 bits per heavy atom. The largest absolute Gasteiger partial charge is 0.338 e. The maximum Gasteiger partial charge on any atom is 0.240 e. The van der Waals surface area contributed by atoms with Gasteiger partial charge in [-0.1, -0.05) is 31.3 Å². The van der Waals surface area contributed by atoms with Crippen LogP contribution in [0.4, 0.5) is 0 Å². The summed E-state index contributed by atoms with van der Waals surface area (Å²) in [5, 5.41) is 8.10. The molecule has 1 aromatic heterocycles. The van der Waals surface area contributed by atoms with Gasteiger partial charge in [0.2, 0.25) is 5.89 Å². The zero-order valence-electron chi connectivity index (χ0n) is 11.2. The quantitative estimate of drug-likeness (QED) is 0.771. The molecule has 2 rings (SSSR count). The van der Waals surface area contributed by atoms with E-state index >= 15 is 0 Å². The molecule has 1 heterocycles. The smallest absolute Gasteiger partial charge is 0.240 e. The minimum Gasteiger partial charge on any atom is -0.338 e. The van der Waals surface area contributed by atoms with E-state index in [1.807, 2.05) is 11.8 Å². The van der Waals surface area contributed by atoms with Crippen molar-refractivity contribution in [1.82, 2.24) is 15.5 Å². The lowest BCUT2D eigenvalue weighted by atomic mass is 10.0. The lowest BCUT2D eigenvalue weighted by Gasteiger charge is -2.19. The third-order valence-electron chi connectivity index (χ3n) is 3.21. The van der Waals surface area contributed by atoms with E-state index in [1.165, 1.54) is 32.1 Å². The Kier molecular flexibility index (Phi) is 6.00. The summed E-state index contributed by atoms with van der Waals surface area (Å²) in [5.41, 5.74) is 0. The van der Waals surface area contributed by atoms with Crippen LogP contribution in [0.3, 0.4) is 0 Å². The molecule has 0 aromatic carbocycles. The lowest BCUT2D eigenvalue weighted by Crippen LogP contribution is -2.14. The Morgan fingerprint density at radius 2 is 2.17 bits per heavy atom. The molecule has 0 saturated heterocycles. The van der Waals surface area contributed by atoms with Crippen molar-refractivity contribution in [3.05, 3.63) is 11.7 Å². The number of nitrogens with zero attached hydrogens (tertiary/aromatic N) is 2. The van der Waals surface area contributed by atoms with Gasteiger partial charge in [0.25, 0.3) is 0 Å². The predicted molar refractivity (Wildman–Crippen MR) is 74.5 cm³/mol. The molecular formula is C13H23N3OS. The maximum absolute atomic E-state index is 5.21. The number of nitrogens with one attached hydrogen (secondary N) is 1. The fourth-order valence-corrected chi connectivity index (χ4v) is 3.39. The summed E-state index contributed by atoms with van der Waals surface area (Å²) in [6.45, 7) is 3.83. The Hall–Kier alpha value is -0.550. The summed E-state index contributed by atoms with van der Waals surface area (Å²) >= 11 is 1.99. The number of rotatable bonds is 7. The number of thioether (sulfide) groups is 1. The zero-order chi connectivity index (χ0) is 12.6. The normalized spacial score (nSPS) is 17.2. The molecule has 0 unspecified atom stereocenters. The summed E-state index contributed by atoms with van der Waals surface area (Å²) in [6, 6.07) is 0.